The summed E-state index contributed by atoms with van der Waals surface area (Å²) in [5, 5.41) is 2.01. The molecule has 0 unspecified atom stereocenters. The molecule has 0 spiro atoms. The second kappa shape index (κ2) is 3.70. The molecule has 0 bridgehead atoms. The van der Waals surface area contributed by atoms with Gasteiger partial charge in [-0.2, -0.15) is 5.06 Å². The van der Waals surface area contributed by atoms with Crippen LogP contribution in [0.15, 0.2) is 0 Å². The summed E-state index contributed by atoms with van der Waals surface area (Å²) in [6.07, 6.45) is 0. The van der Waals surface area contributed by atoms with Crippen LogP contribution >= 0.6 is 0 Å². The number of hydrogen-bond acceptors (Lipinski definition) is 4. The Morgan fingerprint density at radius 1 is 1.17 bits per heavy atom. The number of ether oxygens (including phenoxy) is 1. The number of rotatable bonds is 2. The van der Waals surface area contributed by atoms with E-state index in [1.165, 1.54) is 0 Å². The number of piperazine rings is 1. The summed E-state index contributed by atoms with van der Waals surface area (Å²) in [5.74, 6) is 0. The topological polar surface area (TPSA) is 24.9 Å². The highest BCUT2D eigenvalue weighted by Crippen LogP contribution is 2.12. The molecule has 0 saturated carbocycles. The maximum Gasteiger partial charge on any atom is 0.0645 e. The Kier molecular flexibility index (Phi) is 2.60. The molecule has 0 aromatic carbocycles. The number of nitrogens with zero attached hydrogens (tertiary/aromatic N) is 2. The Balaban J connectivity index is 1.74. The average molecular weight is 172 g/mol. The van der Waals surface area contributed by atoms with Crippen molar-refractivity contribution < 1.29 is 9.57 Å². The normalized spacial score (nSPS) is 28.8. The zero-order valence-electron chi connectivity index (χ0n) is 7.53. The van der Waals surface area contributed by atoms with Crippen molar-refractivity contribution in [2.75, 3.05) is 46.5 Å². The molecular formula is C8H16N2O2. The minimum Gasteiger partial charge on any atom is -0.378 e. The largest absolute Gasteiger partial charge is 0.378 e. The van der Waals surface area contributed by atoms with E-state index in [1.54, 1.807) is 7.11 Å². The fourth-order valence-electron chi connectivity index (χ4n) is 1.69. The molecule has 4 nitrogen and oxygen atoms in total. The smallest absolute Gasteiger partial charge is 0.0645 e. The van der Waals surface area contributed by atoms with Gasteiger partial charge in [-0.1, -0.05) is 0 Å². The van der Waals surface area contributed by atoms with Crippen LogP contribution in [0.3, 0.4) is 0 Å². The van der Waals surface area contributed by atoms with Gasteiger partial charge >= 0.3 is 0 Å². The Labute approximate surface area is 73.0 Å². The Morgan fingerprint density at radius 2 is 1.83 bits per heavy atom. The molecule has 2 heterocycles. The molecule has 12 heavy (non-hydrogen) atoms. The second-order valence-electron chi connectivity index (χ2n) is 3.34. The molecule has 0 aromatic rings. The molecule has 4 heteroatoms. The van der Waals surface area contributed by atoms with Crippen molar-refractivity contribution in [1.82, 2.24) is 9.96 Å². The van der Waals surface area contributed by atoms with E-state index in [2.05, 4.69) is 4.90 Å². The molecule has 70 valence electrons. The van der Waals surface area contributed by atoms with Crippen LogP contribution in [0.25, 0.3) is 0 Å². The molecule has 0 aromatic heterocycles. The third kappa shape index (κ3) is 1.61. The van der Waals surface area contributed by atoms with Gasteiger partial charge in [0.15, 0.2) is 0 Å². The van der Waals surface area contributed by atoms with Gasteiger partial charge in [0.25, 0.3) is 0 Å². The molecule has 2 rings (SSSR count). The molecule has 2 aliphatic heterocycles. The summed E-state index contributed by atoms with van der Waals surface area (Å²) >= 11 is 0. The van der Waals surface area contributed by atoms with E-state index in [-0.39, 0.29) is 0 Å². The minimum atomic E-state index is 0.684. The molecular weight excluding hydrogens is 156 g/mol. The number of hydrogen-bond donors (Lipinski definition) is 0. The molecule has 0 atom stereocenters. The van der Waals surface area contributed by atoms with Crippen molar-refractivity contribution >= 4 is 0 Å². The number of hydroxylamine groups is 2. The highest BCUT2D eigenvalue weighted by molar-refractivity contribution is 4.80. The van der Waals surface area contributed by atoms with Crippen molar-refractivity contribution in [2.24, 2.45) is 0 Å². The summed E-state index contributed by atoms with van der Waals surface area (Å²) in [6.45, 7) is 6.11. The molecule has 2 aliphatic rings. The Bertz CT molecular complexity index is 142. The predicted octanol–water partition coefficient (Wildman–Crippen LogP) is -0.436. The van der Waals surface area contributed by atoms with E-state index < -0.39 is 0 Å². The fourth-order valence-corrected chi connectivity index (χ4v) is 1.69. The molecule has 0 N–H and O–H groups in total. The third-order valence-electron chi connectivity index (χ3n) is 2.67. The SMILES string of the molecule is CON1CCN(C2COC2)CC1. The third-order valence-corrected chi connectivity index (χ3v) is 2.67. The summed E-state index contributed by atoms with van der Waals surface area (Å²) in [6, 6.07) is 0.684. The lowest BCUT2D eigenvalue weighted by Gasteiger charge is -2.41. The van der Waals surface area contributed by atoms with Crippen molar-refractivity contribution in [3.05, 3.63) is 0 Å². The summed E-state index contributed by atoms with van der Waals surface area (Å²) in [4.78, 5) is 7.63. The Morgan fingerprint density at radius 3 is 2.25 bits per heavy atom. The van der Waals surface area contributed by atoms with Gasteiger partial charge in [0.1, 0.15) is 0 Å². The van der Waals surface area contributed by atoms with Crippen molar-refractivity contribution in [2.45, 2.75) is 6.04 Å². The highest BCUT2D eigenvalue weighted by atomic mass is 16.7. The van der Waals surface area contributed by atoms with E-state index >= 15 is 0 Å². The lowest BCUT2D eigenvalue weighted by atomic mass is 10.2. The summed E-state index contributed by atoms with van der Waals surface area (Å²) in [7, 11) is 1.74. The quantitative estimate of drug-likeness (QED) is 0.564. The van der Waals surface area contributed by atoms with Crippen LogP contribution in [0.4, 0.5) is 0 Å². The first-order valence-corrected chi connectivity index (χ1v) is 4.51. The van der Waals surface area contributed by atoms with E-state index in [9.17, 15) is 0 Å². The zero-order valence-corrected chi connectivity index (χ0v) is 7.53. The minimum absolute atomic E-state index is 0.684. The first-order valence-electron chi connectivity index (χ1n) is 4.51. The molecule has 0 amide bonds. The predicted molar refractivity (Wildman–Crippen MR) is 44.8 cm³/mol. The van der Waals surface area contributed by atoms with Crippen LogP contribution in [0.1, 0.15) is 0 Å². The van der Waals surface area contributed by atoms with Gasteiger partial charge in [-0.05, 0) is 0 Å². The van der Waals surface area contributed by atoms with Crippen molar-refractivity contribution in [3.63, 3.8) is 0 Å². The van der Waals surface area contributed by atoms with Gasteiger partial charge in [-0.15, -0.1) is 0 Å². The molecule has 2 fully saturated rings. The average Bonchev–Trinajstić information content (AvgIpc) is 2.03. The van der Waals surface area contributed by atoms with Crippen LogP contribution in [0, 0.1) is 0 Å². The van der Waals surface area contributed by atoms with Crippen LogP contribution < -0.4 is 0 Å². The van der Waals surface area contributed by atoms with Gasteiger partial charge in [0.05, 0.1) is 26.4 Å². The van der Waals surface area contributed by atoms with Crippen LogP contribution in [-0.2, 0) is 9.57 Å². The van der Waals surface area contributed by atoms with Crippen molar-refractivity contribution in [1.29, 1.82) is 0 Å². The van der Waals surface area contributed by atoms with Crippen molar-refractivity contribution in [3.8, 4) is 0 Å². The Hall–Kier alpha value is -0.160. The zero-order chi connectivity index (χ0) is 8.39. The summed E-state index contributed by atoms with van der Waals surface area (Å²) < 4.78 is 5.15. The maximum atomic E-state index is 5.15. The van der Waals surface area contributed by atoms with Crippen LogP contribution in [-0.4, -0.2) is 62.5 Å². The van der Waals surface area contributed by atoms with Gasteiger partial charge in [0.2, 0.25) is 0 Å². The lowest BCUT2D eigenvalue weighted by molar-refractivity contribution is -0.168. The van der Waals surface area contributed by atoms with Gasteiger partial charge < -0.3 is 9.57 Å². The summed E-state index contributed by atoms with van der Waals surface area (Å²) in [5.41, 5.74) is 0. The molecule has 0 aliphatic carbocycles. The van der Waals surface area contributed by atoms with Crippen LogP contribution in [0.5, 0.6) is 0 Å². The van der Waals surface area contributed by atoms with Gasteiger partial charge in [-0.25, -0.2) is 0 Å². The van der Waals surface area contributed by atoms with Crippen LogP contribution in [0.2, 0.25) is 0 Å². The lowest BCUT2D eigenvalue weighted by Crippen LogP contribution is -2.56. The maximum absolute atomic E-state index is 5.15. The monoisotopic (exact) mass is 172 g/mol. The van der Waals surface area contributed by atoms with Gasteiger partial charge in [-0.3, -0.25) is 4.90 Å². The second-order valence-corrected chi connectivity index (χ2v) is 3.34. The highest BCUT2D eigenvalue weighted by Gasteiger charge is 2.28. The molecule has 2 saturated heterocycles. The first kappa shape index (κ1) is 8.44. The standard InChI is InChI=1S/C8H16N2O2/c1-11-10-4-2-9(3-5-10)8-6-12-7-8/h8H,2-7H2,1H3. The van der Waals surface area contributed by atoms with E-state index in [4.69, 9.17) is 9.57 Å². The van der Waals surface area contributed by atoms with Gasteiger partial charge in [0, 0.05) is 26.2 Å². The van der Waals surface area contributed by atoms with E-state index in [1.807, 2.05) is 5.06 Å². The molecule has 0 radical (unpaired) electrons. The fraction of sp³-hybridized carbons (Fsp3) is 1.00. The van der Waals surface area contributed by atoms with E-state index in [0.717, 1.165) is 39.4 Å². The van der Waals surface area contributed by atoms with E-state index in [0.29, 0.717) is 6.04 Å². The first-order chi connectivity index (χ1) is 5.90.